The maximum atomic E-state index is 11.3. The highest BCUT2D eigenvalue weighted by Crippen LogP contribution is 2.26. The molecule has 0 atom stereocenters. The highest BCUT2D eigenvalue weighted by atomic mass is 16.5. The summed E-state index contributed by atoms with van der Waals surface area (Å²) in [5.74, 6) is 1.27. The van der Waals surface area contributed by atoms with Gasteiger partial charge in [-0.05, 0) is 18.6 Å². The van der Waals surface area contributed by atoms with Gasteiger partial charge in [0.25, 0.3) is 5.56 Å². The Hall–Kier alpha value is -2.10. The van der Waals surface area contributed by atoms with Crippen molar-refractivity contribution in [1.29, 1.82) is 0 Å². The molecule has 0 fully saturated rings. The molecule has 0 aliphatic rings. The lowest BCUT2D eigenvalue weighted by atomic mass is 10.2. The second-order valence-electron chi connectivity index (χ2n) is 3.63. The van der Waals surface area contributed by atoms with E-state index in [0.717, 1.165) is 17.7 Å². The van der Waals surface area contributed by atoms with Crippen LogP contribution in [0.2, 0.25) is 0 Å². The van der Waals surface area contributed by atoms with Gasteiger partial charge in [-0.1, -0.05) is 19.1 Å². The summed E-state index contributed by atoms with van der Waals surface area (Å²) in [6, 6.07) is 8.93. The molecule has 17 heavy (non-hydrogen) atoms. The molecule has 1 aromatic heterocycles. The van der Waals surface area contributed by atoms with Gasteiger partial charge in [0.15, 0.2) is 0 Å². The summed E-state index contributed by atoms with van der Waals surface area (Å²) in [6.07, 6.45) is 2.43. The third-order valence-electron chi connectivity index (χ3n) is 2.28. The zero-order chi connectivity index (χ0) is 12.1. The van der Waals surface area contributed by atoms with Crippen LogP contribution in [0.25, 0.3) is 11.4 Å². The first-order valence-electron chi connectivity index (χ1n) is 5.59. The summed E-state index contributed by atoms with van der Waals surface area (Å²) in [4.78, 5) is 18.1. The number of nitrogens with zero attached hydrogens (tertiary/aromatic N) is 1. The average Bonchev–Trinajstić information content (AvgIpc) is 2.37. The Kier molecular flexibility index (Phi) is 3.55. The molecule has 0 spiro atoms. The van der Waals surface area contributed by atoms with Crippen LogP contribution in [-0.4, -0.2) is 16.6 Å². The number of aromatic nitrogens is 2. The van der Waals surface area contributed by atoms with Gasteiger partial charge in [-0.15, -0.1) is 0 Å². The van der Waals surface area contributed by atoms with Crippen LogP contribution in [0.1, 0.15) is 13.3 Å². The largest absolute Gasteiger partial charge is 0.493 e. The van der Waals surface area contributed by atoms with E-state index in [4.69, 9.17) is 4.74 Å². The van der Waals surface area contributed by atoms with Crippen LogP contribution < -0.4 is 10.3 Å². The zero-order valence-corrected chi connectivity index (χ0v) is 9.64. The predicted molar refractivity (Wildman–Crippen MR) is 66.1 cm³/mol. The molecular weight excluding hydrogens is 216 g/mol. The van der Waals surface area contributed by atoms with Gasteiger partial charge in [0.1, 0.15) is 11.6 Å². The van der Waals surface area contributed by atoms with Crippen molar-refractivity contribution in [3.8, 4) is 17.1 Å². The lowest BCUT2D eigenvalue weighted by Gasteiger charge is -2.09. The molecule has 0 radical (unpaired) electrons. The summed E-state index contributed by atoms with van der Waals surface area (Å²) in [6.45, 7) is 2.69. The predicted octanol–water partition coefficient (Wildman–Crippen LogP) is 2.23. The summed E-state index contributed by atoms with van der Waals surface area (Å²) >= 11 is 0. The van der Waals surface area contributed by atoms with Crippen molar-refractivity contribution >= 4 is 0 Å². The van der Waals surface area contributed by atoms with E-state index in [1.165, 1.54) is 12.3 Å². The van der Waals surface area contributed by atoms with Crippen molar-refractivity contribution in [3.63, 3.8) is 0 Å². The fraction of sp³-hybridized carbons (Fsp3) is 0.231. The van der Waals surface area contributed by atoms with E-state index < -0.39 is 0 Å². The van der Waals surface area contributed by atoms with Crippen molar-refractivity contribution < 1.29 is 4.74 Å². The van der Waals surface area contributed by atoms with Gasteiger partial charge in [-0.3, -0.25) is 4.79 Å². The van der Waals surface area contributed by atoms with Crippen LogP contribution in [0.3, 0.4) is 0 Å². The van der Waals surface area contributed by atoms with Crippen molar-refractivity contribution in [1.82, 2.24) is 9.97 Å². The molecule has 0 amide bonds. The molecule has 4 heteroatoms. The maximum absolute atomic E-state index is 11.3. The van der Waals surface area contributed by atoms with Gasteiger partial charge in [0.2, 0.25) is 0 Å². The maximum Gasteiger partial charge on any atom is 0.251 e. The first-order chi connectivity index (χ1) is 8.31. The number of hydrogen-bond acceptors (Lipinski definition) is 3. The van der Waals surface area contributed by atoms with Crippen LogP contribution in [0.4, 0.5) is 0 Å². The molecule has 0 saturated heterocycles. The minimum Gasteiger partial charge on any atom is -0.493 e. The molecule has 0 saturated carbocycles. The quantitative estimate of drug-likeness (QED) is 0.876. The molecular formula is C13H14N2O2. The van der Waals surface area contributed by atoms with E-state index in [1.54, 1.807) is 0 Å². The Morgan fingerprint density at radius 2 is 2.12 bits per heavy atom. The molecule has 1 heterocycles. The van der Waals surface area contributed by atoms with Crippen LogP contribution in [0, 0.1) is 0 Å². The van der Waals surface area contributed by atoms with Gasteiger partial charge >= 0.3 is 0 Å². The molecule has 0 unspecified atom stereocenters. The smallest absolute Gasteiger partial charge is 0.251 e. The third kappa shape index (κ3) is 2.72. The highest BCUT2D eigenvalue weighted by Gasteiger charge is 2.07. The first-order valence-corrected chi connectivity index (χ1v) is 5.59. The highest BCUT2D eigenvalue weighted by molar-refractivity contribution is 5.63. The van der Waals surface area contributed by atoms with Crippen molar-refractivity contribution in [2.45, 2.75) is 13.3 Å². The van der Waals surface area contributed by atoms with E-state index in [9.17, 15) is 4.79 Å². The summed E-state index contributed by atoms with van der Waals surface area (Å²) < 4.78 is 5.62. The Balaban J connectivity index is 2.40. The lowest BCUT2D eigenvalue weighted by molar-refractivity contribution is 0.318. The van der Waals surface area contributed by atoms with Crippen molar-refractivity contribution in [2.75, 3.05) is 6.61 Å². The minimum atomic E-state index is -0.166. The van der Waals surface area contributed by atoms with Crippen LogP contribution >= 0.6 is 0 Å². The Morgan fingerprint density at radius 3 is 2.88 bits per heavy atom. The molecule has 4 nitrogen and oxygen atoms in total. The van der Waals surface area contributed by atoms with E-state index in [0.29, 0.717) is 12.4 Å². The topological polar surface area (TPSA) is 55.0 Å². The van der Waals surface area contributed by atoms with E-state index >= 15 is 0 Å². The SMILES string of the molecule is CCCOc1ccccc1-c1nccc(=O)[nH]1. The van der Waals surface area contributed by atoms with E-state index in [1.807, 2.05) is 31.2 Å². The summed E-state index contributed by atoms with van der Waals surface area (Å²) in [5.41, 5.74) is 0.638. The molecule has 1 aromatic carbocycles. The fourth-order valence-corrected chi connectivity index (χ4v) is 1.51. The van der Waals surface area contributed by atoms with Crippen molar-refractivity contribution in [2.24, 2.45) is 0 Å². The Labute approximate surface area is 99.3 Å². The third-order valence-corrected chi connectivity index (χ3v) is 2.28. The second-order valence-corrected chi connectivity index (χ2v) is 3.63. The second kappa shape index (κ2) is 5.30. The molecule has 0 aliphatic carbocycles. The number of rotatable bonds is 4. The number of benzene rings is 1. The lowest BCUT2D eigenvalue weighted by Crippen LogP contribution is -2.07. The van der Waals surface area contributed by atoms with Gasteiger partial charge in [0, 0.05) is 12.3 Å². The minimum absolute atomic E-state index is 0.166. The van der Waals surface area contributed by atoms with Crippen LogP contribution in [0.15, 0.2) is 41.3 Å². The molecule has 1 N–H and O–H groups in total. The van der Waals surface area contributed by atoms with Gasteiger partial charge in [0.05, 0.1) is 12.2 Å². The summed E-state index contributed by atoms with van der Waals surface area (Å²) in [7, 11) is 0. The summed E-state index contributed by atoms with van der Waals surface area (Å²) in [5, 5.41) is 0. The van der Waals surface area contributed by atoms with Crippen LogP contribution in [-0.2, 0) is 0 Å². The standard InChI is InChI=1S/C13H14N2O2/c1-2-9-17-11-6-4-3-5-10(11)13-14-8-7-12(16)15-13/h3-8H,2,9H2,1H3,(H,14,15,16). The first kappa shape index (κ1) is 11.4. The van der Waals surface area contributed by atoms with Gasteiger partial charge < -0.3 is 9.72 Å². The van der Waals surface area contributed by atoms with Crippen molar-refractivity contribution in [3.05, 3.63) is 46.9 Å². The molecule has 2 rings (SSSR count). The van der Waals surface area contributed by atoms with Crippen LogP contribution in [0.5, 0.6) is 5.75 Å². The van der Waals surface area contributed by atoms with E-state index in [-0.39, 0.29) is 5.56 Å². The normalized spacial score (nSPS) is 10.2. The number of aromatic amines is 1. The van der Waals surface area contributed by atoms with Gasteiger partial charge in [-0.2, -0.15) is 0 Å². The zero-order valence-electron chi connectivity index (χ0n) is 9.64. The number of hydrogen-bond donors (Lipinski definition) is 1. The fourth-order valence-electron chi connectivity index (χ4n) is 1.51. The molecule has 88 valence electrons. The molecule has 0 bridgehead atoms. The average molecular weight is 230 g/mol. The Morgan fingerprint density at radius 1 is 1.29 bits per heavy atom. The number of nitrogens with one attached hydrogen (secondary N) is 1. The molecule has 2 aromatic rings. The van der Waals surface area contributed by atoms with Gasteiger partial charge in [-0.25, -0.2) is 4.98 Å². The number of H-pyrrole nitrogens is 1. The molecule has 0 aliphatic heterocycles. The monoisotopic (exact) mass is 230 g/mol. The number of para-hydroxylation sites is 1. The number of ether oxygens (including phenoxy) is 1. The Bertz CT molecular complexity index is 549. The van der Waals surface area contributed by atoms with E-state index in [2.05, 4.69) is 9.97 Å².